The Morgan fingerprint density at radius 3 is 2.74 bits per heavy atom. The number of rotatable bonds is 4. The van der Waals surface area contributed by atoms with Crippen molar-refractivity contribution in [3.8, 4) is 10.4 Å². The third kappa shape index (κ3) is 2.51. The number of benzene rings is 1. The van der Waals surface area contributed by atoms with Gasteiger partial charge in [0.25, 0.3) is 0 Å². The second kappa shape index (κ2) is 5.04. The summed E-state index contributed by atoms with van der Waals surface area (Å²) in [6, 6.07) is 8.93. The Labute approximate surface area is 127 Å². The first-order valence-electron chi connectivity index (χ1n) is 6.65. The van der Waals surface area contributed by atoms with Crippen molar-refractivity contribution in [2.75, 3.05) is 13.6 Å². The van der Waals surface area contributed by atoms with E-state index in [1.54, 1.807) is 0 Å². The zero-order valence-electron chi connectivity index (χ0n) is 11.3. The van der Waals surface area contributed by atoms with E-state index >= 15 is 0 Å². The number of halogens is 1. The number of thiophene rings is 1. The molecular formula is C16H18BrNS. The molecule has 0 unspecified atom stereocenters. The van der Waals surface area contributed by atoms with E-state index in [-0.39, 0.29) is 0 Å². The molecule has 1 aromatic carbocycles. The lowest BCUT2D eigenvalue weighted by Crippen LogP contribution is -2.22. The van der Waals surface area contributed by atoms with Crippen molar-refractivity contribution in [1.29, 1.82) is 0 Å². The van der Waals surface area contributed by atoms with E-state index in [1.807, 2.05) is 18.4 Å². The van der Waals surface area contributed by atoms with Crippen molar-refractivity contribution in [2.24, 2.45) is 0 Å². The summed E-state index contributed by atoms with van der Waals surface area (Å²) in [6.45, 7) is 3.28. The van der Waals surface area contributed by atoms with Crippen molar-refractivity contribution in [3.63, 3.8) is 0 Å². The summed E-state index contributed by atoms with van der Waals surface area (Å²) in [5.74, 6) is 0. The molecule has 1 aromatic heterocycles. The van der Waals surface area contributed by atoms with Crippen LogP contribution in [0.3, 0.4) is 0 Å². The number of likely N-dealkylation sites (N-methyl/N-ethyl adjacent to an activating group) is 1. The summed E-state index contributed by atoms with van der Waals surface area (Å²) < 4.78 is 1.15. The minimum atomic E-state index is 0.423. The van der Waals surface area contributed by atoms with E-state index in [0.29, 0.717) is 5.41 Å². The lowest BCUT2D eigenvalue weighted by molar-refractivity contribution is 0.626. The second-order valence-electron chi connectivity index (χ2n) is 5.47. The molecule has 1 N–H and O–H groups in total. The summed E-state index contributed by atoms with van der Waals surface area (Å²) in [5, 5.41) is 5.68. The molecule has 2 aromatic rings. The molecule has 19 heavy (non-hydrogen) atoms. The standard InChI is InChI=1S/C16H18BrNS/c1-11-7-13(17)3-4-14(11)15-8-12(9-19-15)16(5-6-16)10-18-2/h3-4,7-9,18H,5-6,10H2,1-2H3. The molecule has 0 aliphatic heterocycles. The molecule has 100 valence electrons. The number of nitrogens with one attached hydrogen (secondary N) is 1. The van der Waals surface area contributed by atoms with Crippen LogP contribution in [0.25, 0.3) is 10.4 Å². The van der Waals surface area contributed by atoms with E-state index in [9.17, 15) is 0 Å². The van der Waals surface area contributed by atoms with Crippen molar-refractivity contribution < 1.29 is 0 Å². The lowest BCUT2D eigenvalue weighted by atomic mass is 9.97. The van der Waals surface area contributed by atoms with Crippen molar-refractivity contribution in [1.82, 2.24) is 5.32 Å². The SMILES string of the molecule is CNCC1(c2csc(-c3ccc(Br)cc3C)c2)CC1. The first-order chi connectivity index (χ1) is 9.14. The van der Waals surface area contributed by atoms with Crippen LogP contribution in [0.2, 0.25) is 0 Å². The highest BCUT2D eigenvalue weighted by atomic mass is 79.9. The molecule has 1 fully saturated rings. The van der Waals surface area contributed by atoms with Crippen LogP contribution in [-0.4, -0.2) is 13.6 Å². The summed E-state index contributed by atoms with van der Waals surface area (Å²) >= 11 is 5.40. The minimum Gasteiger partial charge on any atom is -0.319 e. The van der Waals surface area contributed by atoms with E-state index in [1.165, 1.54) is 34.4 Å². The fraction of sp³-hybridized carbons (Fsp3) is 0.375. The van der Waals surface area contributed by atoms with E-state index in [4.69, 9.17) is 0 Å². The molecule has 1 aliphatic carbocycles. The summed E-state index contributed by atoms with van der Waals surface area (Å²) in [7, 11) is 2.05. The van der Waals surface area contributed by atoms with Gasteiger partial charge in [-0.1, -0.05) is 22.0 Å². The molecule has 1 heterocycles. The first-order valence-corrected chi connectivity index (χ1v) is 8.32. The van der Waals surface area contributed by atoms with Gasteiger partial charge >= 0.3 is 0 Å². The van der Waals surface area contributed by atoms with Crippen LogP contribution in [0, 0.1) is 6.92 Å². The quantitative estimate of drug-likeness (QED) is 0.851. The van der Waals surface area contributed by atoms with Crippen LogP contribution >= 0.6 is 27.3 Å². The van der Waals surface area contributed by atoms with Crippen molar-refractivity contribution in [2.45, 2.75) is 25.2 Å². The highest BCUT2D eigenvalue weighted by Gasteiger charge is 2.44. The molecule has 0 spiro atoms. The molecule has 0 radical (unpaired) electrons. The molecular weight excluding hydrogens is 318 g/mol. The van der Waals surface area contributed by atoms with Gasteiger partial charge in [0.2, 0.25) is 0 Å². The lowest BCUT2D eigenvalue weighted by Gasteiger charge is -2.12. The van der Waals surface area contributed by atoms with Gasteiger partial charge in [-0.25, -0.2) is 0 Å². The third-order valence-electron chi connectivity index (χ3n) is 4.03. The molecule has 1 aliphatic rings. The Balaban J connectivity index is 1.93. The first kappa shape index (κ1) is 13.3. The molecule has 1 saturated carbocycles. The normalized spacial score (nSPS) is 16.6. The minimum absolute atomic E-state index is 0.423. The average Bonchev–Trinajstić information content (AvgIpc) is 2.99. The molecule has 0 atom stereocenters. The molecule has 0 amide bonds. The van der Waals surface area contributed by atoms with Gasteiger partial charge in [0.05, 0.1) is 0 Å². The van der Waals surface area contributed by atoms with Gasteiger partial charge < -0.3 is 5.32 Å². The Bertz CT molecular complexity index is 599. The van der Waals surface area contributed by atoms with Gasteiger partial charge in [-0.05, 0) is 67.1 Å². The summed E-state index contributed by atoms with van der Waals surface area (Å²) in [4.78, 5) is 1.39. The smallest absolute Gasteiger partial charge is 0.0348 e. The van der Waals surface area contributed by atoms with Gasteiger partial charge in [-0.2, -0.15) is 0 Å². The summed E-state index contributed by atoms with van der Waals surface area (Å²) in [6.07, 6.45) is 2.65. The molecule has 3 heteroatoms. The zero-order valence-corrected chi connectivity index (χ0v) is 13.7. The Morgan fingerprint density at radius 2 is 2.11 bits per heavy atom. The maximum absolute atomic E-state index is 3.53. The zero-order chi connectivity index (χ0) is 13.5. The van der Waals surface area contributed by atoms with E-state index in [0.717, 1.165) is 11.0 Å². The Hall–Kier alpha value is -0.640. The topological polar surface area (TPSA) is 12.0 Å². The number of hydrogen-bond acceptors (Lipinski definition) is 2. The van der Waals surface area contributed by atoms with Crippen LogP contribution in [-0.2, 0) is 5.41 Å². The van der Waals surface area contributed by atoms with Gasteiger partial charge in [-0.3, -0.25) is 0 Å². The van der Waals surface area contributed by atoms with Gasteiger partial charge in [0, 0.05) is 21.3 Å². The van der Waals surface area contributed by atoms with Gasteiger partial charge in [0.15, 0.2) is 0 Å². The van der Waals surface area contributed by atoms with E-state index < -0.39 is 0 Å². The van der Waals surface area contributed by atoms with Crippen LogP contribution in [0.5, 0.6) is 0 Å². The number of hydrogen-bond donors (Lipinski definition) is 1. The van der Waals surface area contributed by atoms with Crippen molar-refractivity contribution in [3.05, 3.63) is 45.2 Å². The predicted octanol–water partition coefficient (Wildman–Crippen LogP) is 4.74. The second-order valence-corrected chi connectivity index (χ2v) is 7.30. The molecule has 3 rings (SSSR count). The summed E-state index contributed by atoms with van der Waals surface area (Å²) in [5.41, 5.74) is 4.64. The van der Waals surface area contributed by atoms with Crippen LogP contribution in [0.1, 0.15) is 24.0 Å². The molecule has 1 nitrogen and oxygen atoms in total. The average molecular weight is 336 g/mol. The highest BCUT2D eigenvalue weighted by Crippen LogP contribution is 2.50. The Kier molecular flexibility index (Phi) is 3.54. The number of aryl methyl sites for hydroxylation is 1. The van der Waals surface area contributed by atoms with Gasteiger partial charge in [-0.15, -0.1) is 11.3 Å². The highest BCUT2D eigenvalue weighted by molar-refractivity contribution is 9.10. The Morgan fingerprint density at radius 1 is 1.32 bits per heavy atom. The predicted molar refractivity (Wildman–Crippen MR) is 87.0 cm³/mol. The van der Waals surface area contributed by atoms with Crippen molar-refractivity contribution >= 4 is 27.3 Å². The largest absolute Gasteiger partial charge is 0.319 e. The fourth-order valence-corrected chi connectivity index (χ4v) is 4.31. The van der Waals surface area contributed by atoms with E-state index in [2.05, 4.69) is 57.8 Å². The maximum atomic E-state index is 3.53. The molecule has 0 bridgehead atoms. The fourth-order valence-electron chi connectivity index (χ4n) is 2.72. The van der Waals surface area contributed by atoms with Gasteiger partial charge in [0.1, 0.15) is 0 Å². The third-order valence-corrected chi connectivity index (χ3v) is 5.49. The van der Waals surface area contributed by atoms with Crippen LogP contribution in [0.4, 0.5) is 0 Å². The van der Waals surface area contributed by atoms with Crippen LogP contribution in [0.15, 0.2) is 34.1 Å². The maximum Gasteiger partial charge on any atom is 0.0348 e. The molecule has 0 saturated heterocycles. The monoisotopic (exact) mass is 335 g/mol. The van der Waals surface area contributed by atoms with Crippen LogP contribution < -0.4 is 5.32 Å².